The number of amides is 1. The first kappa shape index (κ1) is 20.8. The average Bonchev–Trinajstić information content (AvgIpc) is 3.14. The first-order chi connectivity index (χ1) is 16.7. The smallest absolute Gasteiger partial charge is 0.242 e. The monoisotopic (exact) mass is 444 g/mol. The molecular formula is C30H26N3O. The minimum absolute atomic E-state index is 0.199. The summed E-state index contributed by atoms with van der Waals surface area (Å²) in [6, 6.07) is 34.0. The fourth-order valence-electron chi connectivity index (χ4n) is 5.43. The predicted molar refractivity (Wildman–Crippen MR) is 135 cm³/mol. The van der Waals surface area contributed by atoms with Gasteiger partial charge in [0, 0.05) is 24.5 Å². The van der Waals surface area contributed by atoms with Gasteiger partial charge in [-0.1, -0.05) is 66.7 Å². The van der Waals surface area contributed by atoms with Gasteiger partial charge in [0.1, 0.15) is 0 Å². The Hall–Kier alpha value is -3.76. The number of likely N-dealkylation sites (tertiary alicyclic amines) is 1. The Kier molecular flexibility index (Phi) is 5.23. The molecule has 3 heterocycles. The number of anilines is 2. The molecule has 0 saturated carbocycles. The van der Waals surface area contributed by atoms with Gasteiger partial charge in [0.2, 0.25) is 5.91 Å². The number of piperidine rings is 1. The Bertz CT molecular complexity index is 1290. The zero-order chi connectivity index (χ0) is 23.0. The number of hydrogen-bond donors (Lipinski definition) is 0. The van der Waals surface area contributed by atoms with Crippen molar-refractivity contribution < 1.29 is 4.79 Å². The number of rotatable bonds is 4. The Balaban J connectivity index is 1.28. The summed E-state index contributed by atoms with van der Waals surface area (Å²) in [7, 11) is 0. The Morgan fingerprint density at radius 2 is 1.53 bits per heavy atom. The van der Waals surface area contributed by atoms with Crippen molar-refractivity contribution >= 4 is 17.3 Å². The van der Waals surface area contributed by atoms with Crippen LogP contribution in [0, 0.1) is 6.07 Å². The molecule has 0 atom stereocenters. The molecule has 1 spiro atoms. The van der Waals surface area contributed by atoms with Gasteiger partial charge in [-0.2, -0.15) is 0 Å². The van der Waals surface area contributed by atoms with E-state index in [-0.39, 0.29) is 5.91 Å². The molecule has 0 unspecified atom stereocenters. The van der Waals surface area contributed by atoms with Crippen molar-refractivity contribution in [1.82, 2.24) is 9.88 Å². The van der Waals surface area contributed by atoms with Gasteiger partial charge >= 0.3 is 0 Å². The van der Waals surface area contributed by atoms with Gasteiger partial charge in [-0.15, -0.1) is 0 Å². The van der Waals surface area contributed by atoms with Crippen LogP contribution < -0.4 is 4.90 Å². The van der Waals surface area contributed by atoms with Crippen LogP contribution in [-0.4, -0.2) is 28.9 Å². The molecule has 167 valence electrons. The van der Waals surface area contributed by atoms with Crippen LogP contribution in [0.15, 0.2) is 97.2 Å². The van der Waals surface area contributed by atoms with Crippen LogP contribution in [0.3, 0.4) is 0 Å². The van der Waals surface area contributed by atoms with E-state index in [9.17, 15) is 4.79 Å². The molecule has 6 rings (SSSR count). The molecule has 0 N–H and O–H groups in total. The molecule has 2 aliphatic heterocycles. The topological polar surface area (TPSA) is 36.4 Å². The highest BCUT2D eigenvalue weighted by Gasteiger charge is 2.52. The van der Waals surface area contributed by atoms with Gasteiger partial charge in [0.25, 0.3) is 0 Å². The lowest BCUT2D eigenvalue weighted by Gasteiger charge is -2.38. The number of aromatic nitrogens is 1. The van der Waals surface area contributed by atoms with Crippen LogP contribution in [0.4, 0.5) is 11.4 Å². The number of benzene rings is 3. The lowest BCUT2D eigenvalue weighted by atomic mass is 9.73. The van der Waals surface area contributed by atoms with Crippen molar-refractivity contribution in [1.29, 1.82) is 0 Å². The van der Waals surface area contributed by atoms with E-state index in [1.165, 1.54) is 5.56 Å². The molecule has 1 amide bonds. The number of carbonyl (C=O) groups is 1. The van der Waals surface area contributed by atoms with Crippen molar-refractivity contribution in [2.45, 2.75) is 24.8 Å². The van der Waals surface area contributed by atoms with E-state index in [2.05, 4.69) is 70.5 Å². The molecule has 0 bridgehead atoms. The van der Waals surface area contributed by atoms with Gasteiger partial charge < -0.3 is 0 Å². The van der Waals surface area contributed by atoms with Crippen molar-refractivity contribution in [3.05, 3.63) is 115 Å². The van der Waals surface area contributed by atoms with E-state index in [0.29, 0.717) is 0 Å². The van der Waals surface area contributed by atoms with Crippen LogP contribution >= 0.6 is 0 Å². The van der Waals surface area contributed by atoms with E-state index >= 15 is 0 Å². The minimum Gasteiger partial charge on any atom is -0.297 e. The fourth-order valence-corrected chi connectivity index (χ4v) is 5.43. The van der Waals surface area contributed by atoms with Gasteiger partial charge in [-0.05, 0) is 66.9 Å². The summed E-state index contributed by atoms with van der Waals surface area (Å²) >= 11 is 0. The van der Waals surface area contributed by atoms with Gasteiger partial charge in [-0.25, -0.2) is 0 Å². The summed E-state index contributed by atoms with van der Waals surface area (Å²) in [5, 5.41) is 0. The standard InChI is InChI=1S/C30H26N3O/c34-29-30(17-20-32(21-18-30)22-25-10-6-7-19-31-25)27-11-4-5-12-28(27)33(29)26-15-13-24(14-16-26)23-8-2-1-3-9-23/h1-9,11-16,19H,17-18,20-22H2. The normalized spacial score (nSPS) is 17.2. The second-order valence-electron chi connectivity index (χ2n) is 9.16. The van der Waals surface area contributed by atoms with Crippen LogP contribution in [0.5, 0.6) is 0 Å². The van der Waals surface area contributed by atoms with E-state index in [4.69, 9.17) is 0 Å². The highest BCUT2D eigenvalue weighted by Crippen LogP contribution is 2.50. The van der Waals surface area contributed by atoms with E-state index < -0.39 is 5.41 Å². The molecule has 1 saturated heterocycles. The number of carbonyl (C=O) groups excluding carboxylic acids is 1. The fraction of sp³-hybridized carbons (Fsp3) is 0.200. The maximum atomic E-state index is 14.0. The van der Waals surface area contributed by atoms with E-state index in [1.54, 1.807) is 0 Å². The molecule has 1 radical (unpaired) electrons. The van der Waals surface area contributed by atoms with E-state index in [1.807, 2.05) is 47.5 Å². The molecule has 4 heteroatoms. The molecule has 4 aromatic rings. The third-order valence-electron chi connectivity index (χ3n) is 7.25. The summed E-state index contributed by atoms with van der Waals surface area (Å²) in [6.45, 7) is 2.51. The number of fused-ring (bicyclic) bond motifs is 2. The summed E-state index contributed by atoms with van der Waals surface area (Å²) < 4.78 is 0. The number of nitrogens with zero attached hydrogens (tertiary/aromatic N) is 3. The maximum absolute atomic E-state index is 14.0. The maximum Gasteiger partial charge on any atom is 0.242 e. The zero-order valence-electron chi connectivity index (χ0n) is 19.0. The van der Waals surface area contributed by atoms with Crippen LogP contribution in [-0.2, 0) is 16.8 Å². The molecular weight excluding hydrogens is 418 g/mol. The molecule has 3 aromatic carbocycles. The summed E-state index contributed by atoms with van der Waals surface area (Å²) in [5.41, 5.74) is 5.94. The highest BCUT2D eigenvalue weighted by molar-refractivity contribution is 6.13. The van der Waals surface area contributed by atoms with E-state index in [0.717, 1.165) is 60.7 Å². The van der Waals surface area contributed by atoms with Gasteiger partial charge in [-0.3, -0.25) is 19.6 Å². The number of hydrogen-bond acceptors (Lipinski definition) is 3. The van der Waals surface area contributed by atoms with Crippen LogP contribution in [0.25, 0.3) is 11.1 Å². The lowest BCUT2D eigenvalue weighted by molar-refractivity contribution is -0.124. The minimum atomic E-state index is -0.459. The van der Waals surface area contributed by atoms with Crippen molar-refractivity contribution in [3.8, 4) is 11.1 Å². The largest absolute Gasteiger partial charge is 0.297 e. The second-order valence-corrected chi connectivity index (χ2v) is 9.16. The molecule has 34 heavy (non-hydrogen) atoms. The predicted octanol–water partition coefficient (Wildman–Crippen LogP) is 5.76. The molecule has 4 nitrogen and oxygen atoms in total. The molecule has 1 fully saturated rings. The summed E-state index contributed by atoms with van der Waals surface area (Å²) in [5.74, 6) is 0.199. The van der Waals surface area contributed by atoms with Gasteiger partial charge in [0.15, 0.2) is 0 Å². The SMILES string of the molecule is O=C1N(c2ccc(-c3ccccc3)cc2)c2ccccc2C12CCN(Cc1[c]cccn1)CC2. The van der Waals surface area contributed by atoms with Crippen LogP contribution in [0.1, 0.15) is 24.1 Å². The first-order valence-electron chi connectivity index (χ1n) is 11.9. The van der Waals surface area contributed by atoms with Crippen molar-refractivity contribution in [2.75, 3.05) is 18.0 Å². The molecule has 1 aromatic heterocycles. The van der Waals surface area contributed by atoms with Crippen molar-refractivity contribution in [3.63, 3.8) is 0 Å². The first-order valence-corrected chi connectivity index (χ1v) is 11.9. The highest BCUT2D eigenvalue weighted by atomic mass is 16.2. The zero-order valence-corrected chi connectivity index (χ0v) is 19.0. The average molecular weight is 445 g/mol. The van der Waals surface area contributed by atoms with Crippen molar-refractivity contribution in [2.24, 2.45) is 0 Å². The Morgan fingerprint density at radius 1 is 0.824 bits per heavy atom. The lowest BCUT2D eigenvalue weighted by Crippen LogP contribution is -2.47. The Morgan fingerprint density at radius 3 is 2.26 bits per heavy atom. The quantitative estimate of drug-likeness (QED) is 0.401. The number of para-hydroxylation sites is 1. The molecule has 2 aliphatic rings. The second kappa shape index (κ2) is 8.54. The Labute approximate surface area is 200 Å². The summed E-state index contributed by atoms with van der Waals surface area (Å²) in [6.07, 6.45) is 3.44. The summed E-state index contributed by atoms with van der Waals surface area (Å²) in [4.78, 5) is 22.8. The molecule has 0 aliphatic carbocycles. The number of pyridine rings is 1. The van der Waals surface area contributed by atoms with Crippen LogP contribution in [0.2, 0.25) is 0 Å². The third kappa shape index (κ3) is 3.51. The third-order valence-corrected chi connectivity index (χ3v) is 7.25. The van der Waals surface area contributed by atoms with Gasteiger partial charge in [0.05, 0.1) is 16.8 Å².